The number of benzene rings is 2. The van der Waals surface area contributed by atoms with Gasteiger partial charge in [0, 0.05) is 22.2 Å². The van der Waals surface area contributed by atoms with Crippen molar-refractivity contribution >= 4 is 28.3 Å². The number of nitrogens with zero attached hydrogens (tertiary/aromatic N) is 1. The Labute approximate surface area is 121 Å². The summed E-state index contributed by atoms with van der Waals surface area (Å²) in [5.41, 5.74) is 4.04. The van der Waals surface area contributed by atoms with E-state index in [0.717, 1.165) is 27.7 Å². The monoisotopic (exact) mass is 284 g/mol. The van der Waals surface area contributed by atoms with Crippen LogP contribution in [0.3, 0.4) is 0 Å². The first kappa shape index (κ1) is 12.9. The highest BCUT2D eigenvalue weighted by molar-refractivity contribution is 6.37. The summed E-state index contributed by atoms with van der Waals surface area (Å²) in [5.74, 6) is -0.0201. The molecule has 0 bridgehead atoms. The minimum atomic E-state index is -0.0201. The molecule has 4 heteroatoms. The van der Waals surface area contributed by atoms with Crippen LogP contribution in [-0.4, -0.2) is 16.0 Å². The molecule has 3 nitrogen and oxygen atoms in total. The first-order chi connectivity index (χ1) is 9.59. The maximum atomic E-state index is 11.9. The molecule has 1 aromatic heterocycles. The smallest absolute Gasteiger partial charge is 0.160 e. The lowest BCUT2D eigenvalue weighted by molar-refractivity contribution is 0.101. The van der Waals surface area contributed by atoms with Crippen molar-refractivity contribution in [3.05, 3.63) is 52.7 Å². The molecule has 0 fully saturated rings. The van der Waals surface area contributed by atoms with Crippen LogP contribution in [0.25, 0.3) is 22.0 Å². The zero-order valence-electron chi connectivity index (χ0n) is 11.2. The van der Waals surface area contributed by atoms with Gasteiger partial charge in [0.1, 0.15) is 5.52 Å². The van der Waals surface area contributed by atoms with Crippen LogP contribution in [0.2, 0.25) is 5.02 Å². The van der Waals surface area contributed by atoms with E-state index >= 15 is 0 Å². The zero-order chi connectivity index (χ0) is 14.3. The molecular formula is C16H13ClN2O. The zero-order valence-corrected chi connectivity index (χ0v) is 12.0. The lowest BCUT2D eigenvalue weighted by Crippen LogP contribution is -1.98. The van der Waals surface area contributed by atoms with Gasteiger partial charge in [-0.15, -0.1) is 0 Å². The summed E-state index contributed by atoms with van der Waals surface area (Å²) in [7, 11) is 0. The number of aryl methyl sites for hydroxylation is 1. The highest BCUT2D eigenvalue weighted by atomic mass is 35.5. The summed E-state index contributed by atoms with van der Waals surface area (Å²) in [4.78, 5) is 11.9. The number of ketones is 1. The number of carbonyl (C=O) groups excluding carboxylic acids is 1. The number of nitrogens with one attached hydrogen (secondary N) is 1. The van der Waals surface area contributed by atoms with Crippen LogP contribution in [0.1, 0.15) is 23.0 Å². The normalized spacial score (nSPS) is 10.9. The second-order valence-corrected chi connectivity index (χ2v) is 5.18. The lowest BCUT2D eigenvalue weighted by Gasteiger charge is -2.10. The molecule has 0 saturated carbocycles. The van der Waals surface area contributed by atoms with E-state index in [1.54, 1.807) is 13.0 Å². The van der Waals surface area contributed by atoms with Gasteiger partial charge < -0.3 is 0 Å². The first-order valence-electron chi connectivity index (χ1n) is 6.33. The first-order valence-corrected chi connectivity index (χ1v) is 6.71. The van der Waals surface area contributed by atoms with Gasteiger partial charge in [0.2, 0.25) is 0 Å². The molecule has 3 rings (SSSR count). The molecule has 3 aromatic rings. The molecule has 0 unspecified atom stereocenters. The average Bonchev–Trinajstić information content (AvgIpc) is 2.82. The number of rotatable bonds is 2. The van der Waals surface area contributed by atoms with Crippen molar-refractivity contribution in [3.8, 4) is 11.1 Å². The number of hydrogen-bond acceptors (Lipinski definition) is 2. The standard InChI is InChI=1S/C16H13ClN2O/c1-9-14-13(17)8-12(10(2)20)15(16(14)19-18-9)11-6-4-3-5-7-11/h3-8H,1-2H3,(H,18,19). The van der Waals surface area contributed by atoms with Gasteiger partial charge in [-0.1, -0.05) is 41.9 Å². The minimum absolute atomic E-state index is 0.0201. The van der Waals surface area contributed by atoms with E-state index in [1.807, 2.05) is 37.3 Å². The highest BCUT2D eigenvalue weighted by Crippen LogP contribution is 2.36. The molecular weight excluding hydrogens is 272 g/mol. The number of Topliss-reactive ketones (excluding diaryl/α,β-unsaturated/α-hetero) is 1. The molecule has 0 saturated heterocycles. The maximum Gasteiger partial charge on any atom is 0.160 e. The Morgan fingerprint density at radius 2 is 1.95 bits per heavy atom. The van der Waals surface area contributed by atoms with Crippen molar-refractivity contribution in [2.45, 2.75) is 13.8 Å². The molecule has 0 aliphatic heterocycles. The molecule has 0 atom stereocenters. The van der Waals surface area contributed by atoms with Crippen LogP contribution >= 0.6 is 11.6 Å². The number of fused-ring (bicyclic) bond motifs is 1. The van der Waals surface area contributed by atoms with Crippen molar-refractivity contribution in [1.82, 2.24) is 10.2 Å². The average molecular weight is 285 g/mol. The Hall–Kier alpha value is -2.13. The quantitative estimate of drug-likeness (QED) is 0.709. The van der Waals surface area contributed by atoms with Gasteiger partial charge in [-0.3, -0.25) is 9.89 Å². The highest BCUT2D eigenvalue weighted by Gasteiger charge is 2.19. The van der Waals surface area contributed by atoms with E-state index in [-0.39, 0.29) is 5.78 Å². The van der Waals surface area contributed by atoms with Gasteiger partial charge in [0.15, 0.2) is 5.78 Å². The SMILES string of the molecule is CC(=O)c1cc(Cl)c2c(C)[nH]nc2c1-c1ccccc1. The fraction of sp³-hybridized carbons (Fsp3) is 0.125. The predicted octanol–water partition coefficient (Wildman–Crippen LogP) is 4.39. The van der Waals surface area contributed by atoms with E-state index < -0.39 is 0 Å². The van der Waals surface area contributed by atoms with Gasteiger partial charge in [-0.05, 0) is 25.5 Å². The van der Waals surface area contributed by atoms with Crippen molar-refractivity contribution in [1.29, 1.82) is 0 Å². The van der Waals surface area contributed by atoms with Crippen LogP contribution in [0.4, 0.5) is 0 Å². The summed E-state index contributed by atoms with van der Waals surface area (Å²) in [5, 5.41) is 8.71. The summed E-state index contributed by atoms with van der Waals surface area (Å²) < 4.78 is 0. The molecule has 20 heavy (non-hydrogen) atoms. The molecule has 0 spiro atoms. The molecule has 0 aliphatic carbocycles. The Morgan fingerprint density at radius 3 is 2.60 bits per heavy atom. The minimum Gasteiger partial charge on any atom is -0.294 e. The molecule has 0 aliphatic rings. The van der Waals surface area contributed by atoms with Crippen molar-refractivity contribution < 1.29 is 4.79 Å². The number of carbonyl (C=O) groups is 1. The number of aromatic nitrogens is 2. The van der Waals surface area contributed by atoms with Crippen molar-refractivity contribution in [2.24, 2.45) is 0 Å². The second-order valence-electron chi connectivity index (χ2n) is 4.78. The van der Waals surface area contributed by atoms with Crippen LogP contribution in [0, 0.1) is 6.92 Å². The van der Waals surface area contributed by atoms with Crippen LogP contribution < -0.4 is 0 Å². The molecule has 1 heterocycles. The van der Waals surface area contributed by atoms with E-state index in [9.17, 15) is 4.79 Å². The fourth-order valence-corrected chi connectivity index (χ4v) is 2.82. The summed E-state index contributed by atoms with van der Waals surface area (Å²) in [6, 6.07) is 11.5. The van der Waals surface area contributed by atoms with Gasteiger partial charge in [0.25, 0.3) is 0 Å². The van der Waals surface area contributed by atoms with E-state index in [4.69, 9.17) is 11.6 Å². The molecule has 1 N–H and O–H groups in total. The third kappa shape index (κ3) is 1.91. The lowest BCUT2D eigenvalue weighted by atomic mass is 9.94. The van der Waals surface area contributed by atoms with Gasteiger partial charge in [-0.2, -0.15) is 5.10 Å². The van der Waals surface area contributed by atoms with Gasteiger partial charge in [0.05, 0.1) is 5.02 Å². The Balaban J connectivity index is 2.47. The van der Waals surface area contributed by atoms with E-state index in [0.29, 0.717) is 10.6 Å². The Morgan fingerprint density at radius 1 is 1.25 bits per heavy atom. The van der Waals surface area contributed by atoms with Gasteiger partial charge >= 0.3 is 0 Å². The number of hydrogen-bond donors (Lipinski definition) is 1. The topological polar surface area (TPSA) is 45.8 Å². The predicted molar refractivity (Wildman–Crippen MR) is 81.3 cm³/mol. The molecule has 100 valence electrons. The van der Waals surface area contributed by atoms with Crippen LogP contribution in [0.15, 0.2) is 36.4 Å². The van der Waals surface area contributed by atoms with Gasteiger partial charge in [-0.25, -0.2) is 0 Å². The number of aromatic amines is 1. The largest absolute Gasteiger partial charge is 0.294 e. The van der Waals surface area contributed by atoms with Crippen molar-refractivity contribution in [3.63, 3.8) is 0 Å². The van der Waals surface area contributed by atoms with Crippen LogP contribution in [-0.2, 0) is 0 Å². The summed E-state index contributed by atoms with van der Waals surface area (Å²) in [6.45, 7) is 3.47. The number of H-pyrrole nitrogens is 1. The third-order valence-electron chi connectivity index (χ3n) is 3.41. The van der Waals surface area contributed by atoms with E-state index in [2.05, 4.69) is 10.2 Å². The fourth-order valence-electron chi connectivity index (χ4n) is 2.48. The van der Waals surface area contributed by atoms with Crippen molar-refractivity contribution in [2.75, 3.05) is 0 Å². The van der Waals surface area contributed by atoms with E-state index in [1.165, 1.54) is 0 Å². The Bertz CT molecular complexity index is 806. The summed E-state index contributed by atoms with van der Waals surface area (Å²) >= 11 is 6.30. The maximum absolute atomic E-state index is 11.9. The molecule has 2 aromatic carbocycles. The summed E-state index contributed by atoms with van der Waals surface area (Å²) in [6.07, 6.45) is 0. The molecule has 0 amide bonds. The third-order valence-corrected chi connectivity index (χ3v) is 3.70. The number of halogens is 1. The second kappa shape index (κ2) is 4.76. The molecule has 0 radical (unpaired) electrons. The van der Waals surface area contributed by atoms with Crippen LogP contribution in [0.5, 0.6) is 0 Å². The Kier molecular flexibility index (Phi) is 3.07.